The summed E-state index contributed by atoms with van der Waals surface area (Å²) in [6, 6.07) is 0. The molecule has 0 radical (unpaired) electrons. The van der Waals surface area contributed by atoms with E-state index in [1.807, 2.05) is 0 Å². The molecule has 5 atom stereocenters. The summed E-state index contributed by atoms with van der Waals surface area (Å²) >= 11 is 0. The fourth-order valence-corrected chi connectivity index (χ4v) is 1.35. The fourth-order valence-electron chi connectivity index (χ4n) is 1.35. The highest BCUT2D eigenvalue weighted by atomic mass is 17.1. The summed E-state index contributed by atoms with van der Waals surface area (Å²) in [5, 5.41) is 35.8. The van der Waals surface area contributed by atoms with Gasteiger partial charge in [-0.25, -0.2) is 4.79 Å². The van der Waals surface area contributed by atoms with E-state index in [4.69, 9.17) is 15.1 Å². The molecule has 0 aliphatic carbocycles. The van der Waals surface area contributed by atoms with Crippen LogP contribution in [0.25, 0.3) is 0 Å². The highest BCUT2D eigenvalue weighted by Gasteiger charge is 2.48. The Morgan fingerprint density at radius 3 is 2.33 bits per heavy atom. The average molecular weight is 224 g/mol. The van der Waals surface area contributed by atoms with Crippen molar-refractivity contribution in [3.05, 3.63) is 0 Å². The van der Waals surface area contributed by atoms with E-state index >= 15 is 0 Å². The Morgan fingerprint density at radius 2 is 1.87 bits per heavy atom. The number of rotatable bonds is 2. The minimum Gasteiger partial charge on any atom is -0.387 e. The average Bonchev–Trinajstić information content (AvgIpc) is 2.24. The van der Waals surface area contributed by atoms with Crippen LogP contribution in [0.4, 0.5) is 0 Å². The number of aliphatic hydroxyl groups excluding tert-OH is 3. The molecule has 0 saturated carbocycles. The summed E-state index contributed by atoms with van der Waals surface area (Å²) < 4.78 is 9.31. The van der Waals surface area contributed by atoms with Crippen LogP contribution in [0.1, 0.15) is 0 Å². The van der Waals surface area contributed by atoms with Crippen molar-refractivity contribution < 1.29 is 39.7 Å². The minimum absolute atomic E-state index is 1.17. The lowest BCUT2D eigenvalue weighted by atomic mass is 9.99. The molecule has 8 heteroatoms. The summed E-state index contributed by atoms with van der Waals surface area (Å²) in [4.78, 5) is 14.4. The minimum atomic E-state index is -1.75. The highest BCUT2D eigenvalue weighted by molar-refractivity contribution is 5.75. The molecule has 1 aliphatic rings. The van der Waals surface area contributed by atoms with Gasteiger partial charge in [-0.2, -0.15) is 5.26 Å². The van der Waals surface area contributed by atoms with Crippen LogP contribution in [0, 0.1) is 0 Å². The molecule has 88 valence electrons. The third-order valence-corrected chi connectivity index (χ3v) is 2.16. The zero-order valence-electron chi connectivity index (χ0n) is 7.81. The van der Waals surface area contributed by atoms with E-state index in [9.17, 15) is 15.0 Å². The third kappa shape index (κ3) is 2.25. The zero-order valence-corrected chi connectivity index (χ0v) is 7.81. The van der Waals surface area contributed by atoms with E-state index in [1.54, 1.807) is 0 Å². The van der Waals surface area contributed by atoms with Gasteiger partial charge < -0.3 is 24.8 Å². The molecule has 1 aliphatic heterocycles. The van der Waals surface area contributed by atoms with Gasteiger partial charge in [-0.3, -0.25) is 4.89 Å². The second-order valence-electron chi connectivity index (χ2n) is 3.04. The Balaban J connectivity index is 2.82. The van der Waals surface area contributed by atoms with E-state index < -0.39 is 36.7 Å². The normalized spacial score (nSPS) is 41.3. The first kappa shape index (κ1) is 12.3. The van der Waals surface area contributed by atoms with Crippen LogP contribution in [-0.4, -0.2) is 64.4 Å². The van der Waals surface area contributed by atoms with E-state index in [2.05, 4.69) is 9.62 Å². The van der Waals surface area contributed by atoms with Gasteiger partial charge >= 0.3 is 5.97 Å². The third-order valence-electron chi connectivity index (χ3n) is 2.16. The van der Waals surface area contributed by atoms with Crippen LogP contribution in [0.15, 0.2) is 0 Å². The van der Waals surface area contributed by atoms with Crippen LogP contribution in [-0.2, 0) is 19.2 Å². The predicted molar refractivity (Wildman–Crippen MR) is 42.4 cm³/mol. The molecule has 8 nitrogen and oxygen atoms in total. The molecule has 0 unspecified atom stereocenters. The quantitative estimate of drug-likeness (QED) is 0.298. The number of ether oxygens (including phenoxy) is 2. The van der Waals surface area contributed by atoms with Crippen molar-refractivity contribution in [1.82, 2.24) is 0 Å². The molecular weight excluding hydrogens is 212 g/mol. The van der Waals surface area contributed by atoms with Crippen molar-refractivity contribution in [3.63, 3.8) is 0 Å². The summed E-state index contributed by atoms with van der Waals surface area (Å²) in [6.07, 6.45) is -7.62. The van der Waals surface area contributed by atoms with Gasteiger partial charge in [0.2, 0.25) is 0 Å². The van der Waals surface area contributed by atoms with Crippen molar-refractivity contribution in [2.24, 2.45) is 0 Å². The van der Waals surface area contributed by atoms with Crippen LogP contribution in [0.3, 0.4) is 0 Å². The van der Waals surface area contributed by atoms with E-state index in [-0.39, 0.29) is 0 Å². The zero-order chi connectivity index (χ0) is 11.6. The molecule has 1 rings (SSSR count). The predicted octanol–water partition coefficient (Wildman–Crippen LogP) is -2.54. The van der Waals surface area contributed by atoms with Gasteiger partial charge in [0.25, 0.3) is 0 Å². The fraction of sp³-hybridized carbons (Fsp3) is 0.857. The molecule has 0 bridgehead atoms. The summed E-state index contributed by atoms with van der Waals surface area (Å²) in [5.74, 6) is -1.23. The Bertz CT molecular complexity index is 231. The number of aliphatic hydroxyl groups is 3. The first-order valence-corrected chi connectivity index (χ1v) is 4.10. The van der Waals surface area contributed by atoms with Gasteiger partial charge in [0, 0.05) is 7.11 Å². The van der Waals surface area contributed by atoms with E-state index in [0.717, 1.165) is 0 Å². The summed E-state index contributed by atoms with van der Waals surface area (Å²) in [6.45, 7) is 0. The van der Waals surface area contributed by atoms with Gasteiger partial charge in [0.05, 0.1) is 0 Å². The highest BCUT2D eigenvalue weighted by Crippen LogP contribution is 2.22. The molecule has 0 aromatic heterocycles. The number of hydrogen-bond acceptors (Lipinski definition) is 8. The van der Waals surface area contributed by atoms with E-state index in [1.165, 1.54) is 7.11 Å². The molecule has 1 fully saturated rings. The summed E-state index contributed by atoms with van der Waals surface area (Å²) in [5.41, 5.74) is 0. The Morgan fingerprint density at radius 1 is 1.27 bits per heavy atom. The molecule has 1 saturated heterocycles. The maximum atomic E-state index is 11.0. The standard InChI is InChI=1S/C7H12O8/c1-13-4-2(8)3(9)6(10)14-5(4)7(11)15-12/h2-6,8-10,12H,1H3/t2-,3-,4+,5+,6-/m1/s1. The van der Waals surface area contributed by atoms with Crippen molar-refractivity contribution in [3.8, 4) is 0 Å². The van der Waals surface area contributed by atoms with Gasteiger partial charge in [-0.1, -0.05) is 0 Å². The smallest absolute Gasteiger partial charge is 0.373 e. The van der Waals surface area contributed by atoms with Crippen molar-refractivity contribution >= 4 is 5.97 Å². The lowest BCUT2D eigenvalue weighted by Crippen LogP contribution is -2.60. The summed E-state index contributed by atoms with van der Waals surface area (Å²) in [7, 11) is 1.17. The first-order chi connectivity index (χ1) is 7.02. The number of carbonyl (C=O) groups excluding carboxylic acids is 1. The van der Waals surface area contributed by atoms with Crippen molar-refractivity contribution in [1.29, 1.82) is 0 Å². The van der Waals surface area contributed by atoms with E-state index in [0.29, 0.717) is 0 Å². The maximum absolute atomic E-state index is 11.0. The molecule has 15 heavy (non-hydrogen) atoms. The molecular formula is C7H12O8. The molecule has 0 aromatic carbocycles. The lowest BCUT2D eigenvalue weighted by Gasteiger charge is -2.38. The van der Waals surface area contributed by atoms with Crippen LogP contribution in [0.2, 0.25) is 0 Å². The number of hydrogen-bond donors (Lipinski definition) is 4. The Labute approximate surface area is 84.5 Å². The van der Waals surface area contributed by atoms with Crippen LogP contribution < -0.4 is 0 Å². The van der Waals surface area contributed by atoms with Gasteiger partial charge in [-0.15, -0.1) is 0 Å². The molecule has 1 heterocycles. The molecule has 0 aromatic rings. The Kier molecular flexibility index (Phi) is 3.97. The van der Waals surface area contributed by atoms with Gasteiger partial charge in [0.15, 0.2) is 12.4 Å². The second-order valence-corrected chi connectivity index (χ2v) is 3.04. The van der Waals surface area contributed by atoms with Gasteiger partial charge in [-0.05, 0) is 0 Å². The lowest BCUT2D eigenvalue weighted by molar-refractivity contribution is -0.303. The first-order valence-electron chi connectivity index (χ1n) is 4.10. The maximum Gasteiger partial charge on any atom is 0.373 e. The SMILES string of the molecule is CO[C@H]1[C@H](O)[C@@H](O)[C@H](O)O[C@@H]1C(=O)OO. The van der Waals surface area contributed by atoms with Crippen LogP contribution >= 0.6 is 0 Å². The number of carbonyl (C=O) groups is 1. The number of methoxy groups -OCH3 is 1. The topological polar surface area (TPSA) is 126 Å². The molecule has 0 amide bonds. The molecule has 0 spiro atoms. The largest absolute Gasteiger partial charge is 0.387 e. The van der Waals surface area contributed by atoms with Gasteiger partial charge in [0.1, 0.15) is 18.3 Å². The van der Waals surface area contributed by atoms with Crippen molar-refractivity contribution in [2.75, 3.05) is 7.11 Å². The molecule has 4 N–H and O–H groups in total. The van der Waals surface area contributed by atoms with Crippen molar-refractivity contribution in [2.45, 2.75) is 30.7 Å². The van der Waals surface area contributed by atoms with Crippen LogP contribution in [0.5, 0.6) is 0 Å². The monoisotopic (exact) mass is 224 g/mol. The second kappa shape index (κ2) is 4.84. The Hall–Kier alpha value is -0.770.